The van der Waals surface area contributed by atoms with Crippen molar-refractivity contribution in [2.45, 2.75) is 71.8 Å². The van der Waals surface area contributed by atoms with Crippen LogP contribution >= 0.6 is 0 Å². The van der Waals surface area contributed by atoms with Crippen molar-refractivity contribution in [3.8, 4) is 11.1 Å². The third-order valence-electron chi connectivity index (χ3n) is 7.96. The zero-order chi connectivity index (χ0) is 34.8. The van der Waals surface area contributed by atoms with E-state index in [9.17, 15) is 33.1 Å². The summed E-state index contributed by atoms with van der Waals surface area (Å²) in [5.74, 6) is -1.41. The van der Waals surface area contributed by atoms with E-state index in [1.165, 1.54) is 0 Å². The number of carbonyl (C=O) groups is 4. The highest BCUT2D eigenvalue weighted by molar-refractivity contribution is 7.02. The number of alkyl carbamates (subject to hydrolysis) is 1. The van der Waals surface area contributed by atoms with Gasteiger partial charge in [-0.3, -0.25) is 9.59 Å². The number of ether oxygens (including phenoxy) is 1. The molecule has 47 heavy (non-hydrogen) atoms. The van der Waals surface area contributed by atoms with Crippen LogP contribution in [0, 0.1) is 17.0 Å². The number of halogens is 2. The van der Waals surface area contributed by atoms with Gasteiger partial charge in [0.25, 0.3) is 5.59 Å². The minimum atomic E-state index is -2.54. The van der Waals surface area contributed by atoms with Gasteiger partial charge >= 0.3 is 6.09 Å². The Morgan fingerprint density at radius 2 is 1.79 bits per heavy atom. The number of hydrogen-bond acceptors (Lipinski definition) is 5. The van der Waals surface area contributed by atoms with E-state index in [2.05, 4.69) is 5.32 Å². The van der Waals surface area contributed by atoms with Gasteiger partial charge in [-0.15, -0.1) is 0 Å². The molecule has 0 bridgehead atoms. The fraction of sp³-hybridized carbons (Fsp3) is 0.429. The normalized spacial score (nSPS) is 12.3. The number of carbonyl (C=O) groups excluding carboxylic acids is 3. The van der Waals surface area contributed by atoms with Crippen LogP contribution in [0.3, 0.4) is 0 Å². The monoisotopic (exact) mass is 669 g/mol. The average molecular weight is 670 g/mol. The second-order valence-electron chi connectivity index (χ2n) is 13.3. The highest BCUT2D eigenvalue weighted by atomic mass is 28.3. The van der Waals surface area contributed by atoms with Gasteiger partial charge in [0.2, 0.25) is 5.91 Å². The Morgan fingerprint density at radius 3 is 2.43 bits per heavy atom. The highest BCUT2D eigenvalue weighted by Gasteiger charge is 2.37. The zero-order valence-corrected chi connectivity index (χ0v) is 28.7. The Kier molecular flexibility index (Phi) is 13.0. The Morgan fingerprint density at radius 1 is 1.09 bits per heavy atom. The van der Waals surface area contributed by atoms with Crippen LogP contribution in [0.15, 0.2) is 60.8 Å². The molecule has 0 aliphatic carbocycles. The Hall–Kier alpha value is -4.32. The molecule has 0 saturated carbocycles. The predicted octanol–water partition coefficient (Wildman–Crippen LogP) is 7.46. The van der Waals surface area contributed by atoms with E-state index < -0.39 is 42.9 Å². The second kappa shape index (κ2) is 16.5. The molecule has 1 atom stereocenters. The molecule has 0 aliphatic heterocycles. The van der Waals surface area contributed by atoms with E-state index in [-0.39, 0.29) is 50.1 Å². The maximum atomic E-state index is 15.0. The van der Waals surface area contributed by atoms with Gasteiger partial charge < -0.3 is 29.4 Å². The summed E-state index contributed by atoms with van der Waals surface area (Å²) < 4.78 is 36.4. The van der Waals surface area contributed by atoms with Crippen molar-refractivity contribution in [2.75, 3.05) is 19.7 Å². The first-order valence-electron chi connectivity index (χ1n) is 15.7. The van der Waals surface area contributed by atoms with Crippen LogP contribution in [-0.4, -0.2) is 66.2 Å². The van der Waals surface area contributed by atoms with Crippen molar-refractivity contribution in [2.24, 2.45) is 5.41 Å². The average Bonchev–Trinajstić information content (AvgIpc) is 3.40. The summed E-state index contributed by atoms with van der Waals surface area (Å²) >= 11 is 0. The van der Waals surface area contributed by atoms with Gasteiger partial charge in [-0.1, -0.05) is 64.2 Å². The molecule has 1 aromatic heterocycles. The Bertz CT molecular complexity index is 1540. The first-order chi connectivity index (χ1) is 22.1. The topological polar surface area (TPSA) is 118 Å². The van der Waals surface area contributed by atoms with E-state index in [0.717, 1.165) is 23.8 Å². The van der Waals surface area contributed by atoms with E-state index in [1.54, 1.807) is 30.3 Å². The first kappa shape index (κ1) is 37.1. The maximum absolute atomic E-state index is 15.0. The van der Waals surface area contributed by atoms with Crippen molar-refractivity contribution < 1.29 is 37.8 Å². The number of nitrogens with zero attached hydrogens (tertiary/aromatic N) is 2. The van der Waals surface area contributed by atoms with Gasteiger partial charge in [0.15, 0.2) is 8.07 Å². The smallest absolute Gasteiger partial charge is 0.407 e. The van der Waals surface area contributed by atoms with Gasteiger partial charge in [-0.05, 0) is 47.7 Å². The lowest BCUT2D eigenvalue weighted by molar-refractivity contribution is -0.137. The molecule has 0 saturated heterocycles. The van der Waals surface area contributed by atoms with Crippen molar-refractivity contribution in [3.05, 3.63) is 83.7 Å². The second-order valence-corrected chi connectivity index (χ2v) is 18.0. The van der Waals surface area contributed by atoms with Crippen LogP contribution in [0.2, 0.25) is 19.1 Å². The van der Waals surface area contributed by atoms with Crippen LogP contribution in [0.4, 0.5) is 18.4 Å². The van der Waals surface area contributed by atoms with Gasteiger partial charge in [-0.25, -0.2) is 13.6 Å². The number of nitrogens with one attached hydrogen (secondary N) is 1. The third-order valence-corrected chi connectivity index (χ3v) is 10.6. The van der Waals surface area contributed by atoms with Crippen LogP contribution in [-0.2, 0) is 20.9 Å². The fourth-order valence-electron chi connectivity index (χ4n) is 5.33. The van der Waals surface area contributed by atoms with E-state index in [1.807, 2.05) is 55.7 Å². The van der Waals surface area contributed by atoms with Crippen LogP contribution in [0.1, 0.15) is 57.3 Å². The predicted molar refractivity (Wildman–Crippen MR) is 179 cm³/mol. The summed E-state index contributed by atoms with van der Waals surface area (Å²) in [6.45, 7) is 10.1. The van der Waals surface area contributed by atoms with Crippen LogP contribution in [0.25, 0.3) is 11.1 Å². The van der Waals surface area contributed by atoms with Crippen LogP contribution < -0.4 is 5.32 Å². The zero-order valence-electron chi connectivity index (χ0n) is 27.7. The molecule has 2 aromatic carbocycles. The third kappa shape index (κ3) is 10.6. The van der Waals surface area contributed by atoms with Crippen molar-refractivity contribution in [1.29, 1.82) is 0 Å². The summed E-state index contributed by atoms with van der Waals surface area (Å²) in [5, 5.41) is 12.0. The summed E-state index contributed by atoms with van der Waals surface area (Å²) in [5.41, 5.74) is 0.838. The van der Waals surface area contributed by atoms with Crippen LogP contribution in [0.5, 0.6) is 0 Å². The molecule has 12 heteroatoms. The van der Waals surface area contributed by atoms with Crippen molar-refractivity contribution in [1.82, 2.24) is 14.8 Å². The molecular weight excluding hydrogens is 624 g/mol. The SMILES string of the molecule is CC(C)(C)[C@H](c1cc(-c2cc(F)ccc2F)cn1Cc1ccccc1)N(CCCNC(=O)OCC[Si](C)(C)C(=O)O)C(=O)CCC=O. The number of amides is 2. The molecule has 9 nitrogen and oxygen atoms in total. The van der Waals surface area contributed by atoms with Gasteiger partial charge in [0.05, 0.1) is 12.6 Å². The summed E-state index contributed by atoms with van der Waals surface area (Å²) in [6, 6.07) is 14.5. The number of aldehydes is 1. The van der Waals surface area contributed by atoms with E-state index >= 15 is 0 Å². The first-order valence-corrected chi connectivity index (χ1v) is 18.9. The standard InChI is InChI=1S/C35H45F2N3O6Si/c1-35(2,3)32(40(31(42)13-9-18-41)17-10-16-38-33(43)46-19-20-47(4,5)34(44)45)30-21-26(28-22-27(36)14-15-29(28)37)24-39(30)23-25-11-7-6-8-12-25/h6-8,11-12,14-15,18,21-22,24,32H,9-10,13,16-17,19-20,23H2,1-5H3,(H,38,43)(H,44,45)/t32-/m0/s1. The van der Waals surface area contributed by atoms with Gasteiger partial charge in [0.1, 0.15) is 17.9 Å². The van der Waals surface area contributed by atoms with Gasteiger partial charge in [-0.2, -0.15) is 0 Å². The lowest BCUT2D eigenvalue weighted by Crippen LogP contribution is -2.43. The molecule has 0 spiro atoms. The van der Waals surface area contributed by atoms with Gasteiger partial charge in [0, 0.05) is 55.5 Å². The molecule has 2 amide bonds. The maximum Gasteiger partial charge on any atom is 0.407 e. The molecule has 1 heterocycles. The Balaban J connectivity index is 1.92. The minimum Gasteiger partial charge on any atom is -0.486 e. The summed E-state index contributed by atoms with van der Waals surface area (Å²) in [7, 11) is -2.54. The van der Waals surface area contributed by atoms with Crippen molar-refractivity contribution in [3.63, 3.8) is 0 Å². The number of benzene rings is 2. The summed E-state index contributed by atoms with van der Waals surface area (Å²) in [4.78, 5) is 50.3. The molecule has 0 aliphatic rings. The lowest BCUT2D eigenvalue weighted by atomic mass is 9.82. The Labute approximate surface area is 275 Å². The quantitative estimate of drug-likeness (QED) is 0.0929. The number of carboxylic acid groups (broad SMARTS) is 1. The lowest BCUT2D eigenvalue weighted by Gasteiger charge is -2.41. The molecule has 3 rings (SSSR count). The van der Waals surface area contributed by atoms with E-state index in [4.69, 9.17) is 4.74 Å². The van der Waals surface area contributed by atoms with Crippen molar-refractivity contribution >= 4 is 32.0 Å². The van der Waals surface area contributed by atoms with E-state index in [0.29, 0.717) is 30.5 Å². The molecule has 0 radical (unpaired) electrons. The number of hydrogen-bond donors (Lipinski definition) is 2. The molecule has 3 aromatic rings. The molecule has 254 valence electrons. The molecule has 2 N–H and O–H groups in total. The largest absolute Gasteiger partial charge is 0.486 e. The number of rotatable bonds is 16. The number of aromatic nitrogens is 1. The molecule has 0 unspecified atom stereocenters. The molecular formula is C35H45F2N3O6Si. The summed E-state index contributed by atoms with van der Waals surface area (Å²) in [6.07, 6.45) is 2.16. The molecule has 0 fully saturated rings. The minimum absolute atomic E-state index is 0.00753. The fourth-order valence-corrected chi connectivity index (χ4v) is 6.16. The highest BCUT2D eigenvalue weighted by Crippen LogP contribution is 2.41.